The normalized spacial score (nSPS) is 11.0. The molecule has 0 aliphatic rings. The summed E-state index contributed by atoms with van der Waals surface area (Å²) in [5.74, 6) is 0.846. The minimum atomic E-state index is -0.302. The van der Waals surface area contributed by atoms with E-state index in [1.165, 1.54) is 18.4 Å². The highest BCUT2D eigenvalue weighted by Crippen LogP contribution is 2.36. The van der Waals surface area contributed by atoms with Crippen molar-refractivity contribution >= 4 is 49.7 Å². The molecule has 0 bridgehead atoms. The third-order valence-electron chi connectivity index (χ3n) is 4.53. The van der Waals surface area contributed by atoms with Crippen molar-refractivity contribution in [2.75, 3.05) is 25.3 Å². The molecule has 0 atom stereocenters. The SMILES string of the molecule is COc1ccc(NC(=O)c2sc3nc4cc(C)ccc4cc3c2N)c(OC)c1. The number of hydrogen-bond donors (Lipinski definition) is 2. The van der Waals surface area contributed by atoms with Crippen LogP contribution >= 0.6 is 11.3 Å². The van der Waals surface area contributed by atoms with Crippen LogP contribution in [0, 0.1) is 6.92 Å². The topological polar surface area (TPSA) is 86.5 Å². The van der Waals surface area contributed by atoms with Crippen LogP contribution in [0.5, 0.6) is 11.5 Å². The van der Waals surface area contributed by atoms with Gasteiger partial charge in [0.05, 0.1) is 31.1 Å². The molecule has 0 aliphatic heterocycles. The number of pyridine rings is 1. The molecular formula is C21H19N3O3S. The average molecular weight is 393 g/mol. The second kappa shape index (κ2) is 7.01. The number of anilines is 2. The molecule has 0 aliphatic carbocycles. The van der Waals surface area contributed by atoms with Gasteiger partial charge in [-0.05, 0) is 36.8 Å². The predicted molar refractivity (Wildman–Crippen MR) is 114 cm³/mol. The monoisotopic (exact) mass is 393 g/mol. The van der Waals surface area contributed by atoms with Crippen LogP contribution in [0.2, 0.25) is 0 Å². The van der Waals surface area contributed by atoms with Crippen LogP contribution in [0.3, 0.4) is 0 Å². The number of benzene rings is 2. The van der Waals surface area contributed by atoms with Crippen LogP contribution in [-0.2, 0) is 0 Å². The Morgan fingerprint density at radius 3 is 2.68 bits per heavy atom. The Kier molecular flexibility index (Phi) is 4.52. The number of amides is 1. The molecule has 2 heterocycles. The molecule has 142 valence electrons. The summed E-state index contributed by atoms with van der Waals surface area (Å²) in [6, 6.07) is 13.2. The zero-order valence-electron chi connectivity index (χ0n) is 15.7. The number of aryl methyl sites for hydroxylation is 1. The molecule has 0 fully saturated rings. The van der Waals surface area contributed by atoms with E-state index in [4.69, 9.17) is 15.2 Å². The number of nitrogens with two attached hydrogens (primary N) is 1. The Labute approximate surface area is 165 Å². The van der Waals surface area contributed by atoms with Gasteiger partial charge in [0, 0.05) is 16.8 Å². The van der Waals surface area contributed by atoms with Crippen LogP contribution in [0.15, 0.2) is 42.5 Å². The third kappa shape index (κ3) is 3.10. The molecule has 2 aromatic carbocycles. The Balaban J connectivity index is 1.73. The number of carbonyl (C=O) groups is 1. The van der Waals surface area contributed by atoms with E-state index in [9.17, 15) is 4.79 Å². The molecule has 1 amide bonds. The van der Waals surface area contributed by atoms with Crippen molar-refractivity contribution in [2.24, 2.45) is 0 Å². The Hall–Kier alpha value is -3.32. The summed E-state index contributed by atoms with van der Waals surface area (Å²) in [5.41, 5.74) is 9.28. The van der Waals surface area contributed by atoms with Crippen molar-refractivity contribution in [1.29, 1.82) is 0 Å². The second-order valence-corrected chi connectivity index (χ2v) is 7.40. The van der Waals surface area contributed by atoms with Gasteiger partial charge in [-0.3, -0.25) is 4.79 Å². The maximum atomic E-state index is 12.9. The van der Waals surface area contributed by atoms with Crippen molar-refractivity contribution in [2.45, 2.75) is 6.92 Å². The maximum Gasteiger partial charge on any atom is 0.268 e. The van der Waals surface area contributed by atoms with Gasteiger partial charge in [-0.15, -0.1) is 11.3 Å². The number of hydrogen-bond acceptors (Lipinski definition) is 6. The first-order valence-electron chi connectivity index (χ1n) is 8.63. The van der Waals surface area contributed by atoms with Gasteiger partial charge in [0.25, 0.3) is 5.91 Å². The Morgan fingerprint density at radius 1 is 1.11 bits per heavy atom. The lowest BCUT2D eigenvalue weighted by atomic mass is 10.1. The lowest BCUT2D eigenvalue weighted by Gasteiger charge is -2.11. The molecule has 3 N–H and O–H groups in total. The molecule has 4 rings (SSSR count). The quantitative estimate of drug-likeness (QED) is 0.529. The minimum absolute atomic E-state index is 0.302. The van der Waals surface area contributed by atoms with Crippen molar-refractivity contribution < 1.29 is 14.3 Å². The van der Waals surface area contributed by atoms with Crippen LogP contribution in [0.1, 0.15) is 15.2 Å². The third-order valence-corrected chi connectivity index (χ3v) is 5.65. The van der Waals surface area contributed by atoms with Crippen LogP contribution in [-0.4, -0.2) is 25.1 Å². The van der Waals surface area contributed by atoms with E-state index in [1.54, 1.807) is 25.3 Å². The molecule has 0 spiro atoms. The van der Waals surface area contributed by atoms with E-state index >= 15 is 0 Å². The first-order chi connectivity index (χ1) is 13.5. The van der Waals surface area contributed by atoms with E-state index in [2.05, 4.69) is 10.3 Å². The highest BCUT2D eigenvalue weighted by atomic mass is 32.1. The van der Waals surface area contributed by atoms with Crippen molar-refractivity contribution in [1.82, 2.24) is 4.98 Å². The number of thiophene rings is 1. The molecule has 0 radical (unpaired) electrons. The number of fused-ring (bicyclic) bond motifs is 2. The number of methoxy groups -OCH3 is 2. The average Bonchev–Trinajstić information content (AvgIpc) is 3.02. The van der Waals surface area contributed by atoms with E-state index in [0.717, 1.165) is 26.7 Å². The lowest BCUT2D eigenvalue weighted by molar-refractivity contribution is 0.103. The zero-order valence-corrected chi connectivity index (χ0v) is 16.5. The minimum Gasteiger partial charge on any atom is -0.497 e. The van der Waals surface area contributed by atoms with Gasteiger partial charge in [-0.1, -0.05) is 12.1 Å². The molecule has 2 aromatic heterocycles. The number of carbonyl (C=O) groups excluding carboxylic acids is 1. The molecule has 0 saturated heterocycles. The van der Waals surface area contributed by atoms with Crippen molar-refractivity contribution in [3.8, 4) is 11.5 Å². The molecule has 7 heteroatoms. The van der Waals surface area contributed by atoms with Gasteiger partial charge < -0.3 is 20.5 Å². The Bertz CT molecular complexity index is 1220. The van der Waals surface area contributed by atoms with E-state index in [0.29, 0.717) is 27.8 Å². The number of rotatable bonds is 4. The van der Waals surface area contributed by atoms with Crippen LogP contribution in [0.25, 0.3) is 21.1 Å². The highest BCUT2D eigenvalue weighted by molar-refractivity contribution is 7.21. The fourth-order valence-corrected chi connectivity index (χ4v) is 4.03. The fourth-order valence-electron chi connectivity index (χ4n) is 3.05. The number of aromatic nitrogens is 1. The molecule has 4 aromatic rings. The van der Waals surface area contributed by atoms with E-state index in [1.807, 2.05) is 31.2 Å². The summed E-state index contributed by atoms with van der Waals surface area (Å²) in [4.78, 5) is 18.7. The molecule has 28 heavy (non-hydrogen) atoms. The standard InChI is InChI=1S/C21H19N3O3S/c1-11-4-5-12-9-14-18(22)19(28-21(14)24-16(12)8-11)20(25)23-15-7-6-13(26-2)10-17(15)27-3/h4-10H,22H2,1-3H3,(H,23,25). The van der Waals surface area contributed by atoms with Gasteiger partial charge >= 0.3 is 0 Å². The summed E-state index contributed by atoms with van der Waals surface area (Å²) < 4.78 is 10.5. The largest absolute Gasteiger partial charge is 0.497 e. The highest BCUT2D eigenvalue weighted by Gasteiger charge is 2.19. The van der Waals surface area contributed by atoms with Gasteiger partial charge in [-0.2, -0.15) is 0 Å². The summed E-state index contributed by atoms with van der Waals surface area (Å²) >= 11 is 1.28. The van der Waals surface area contributed by atoms with Crippen molar-refractivity contribution in [3.63, 3.8) is 0 Å². The predicted octanol–water partition coefficient (Wildman–Crippen LogP) is 4.61. The first-order valence-corrected chi connectivity index (χ1v) is 9.44. The molecule has 0 saturated carbocycles. The van der Waals surface area contributed by atoms with E-state index < -0.39 is 0 Å². The summed E-state index contributed by atoms with van der Waals surface area (Å²) in [6.45, 7) is 2.02. The number of nitrogens with zero attached hydrogens (tertiary/aromatic N) is 1. The maximum absolute atomic E-state index is 12.9. The molecular weight excluding hydrogens is 374 g/mol. The zero-order chi connectivity index (χ0) is 19.8. The first kappa shape index (κ1) is 18.1. The number of ether oxygens (including phenoxy) is 2. The van der Waals surface area contributed by atoms with Crippen molar-refractivity contribution in [3.05, 3.63) is 52.9 Å². The van der Waals surface area contributed by atoms with Gasteiger partial charge in [0.1, 0.15) is 21.2 Å². The van der Waals surface area contributed by atoms with Gasteiger partial charge in [0.2, 0.25) is 0 Å². The van der Waals surface area contributed by atoms with Gasteiger partial charge in [-0.25, -0.2) is 4.98 Å². The van der Waals surface area contributed by atoms with E-state index in [-0.39, 0.29) is 5.91 Å². The Morgan fingerprint density at radius 2 is 1.93 bits per heavy atom. The second-order valence-electron chi connectivity index (χ2n) is 6.40. The summed E-state index contributed by atoms with van der Waals surface area (Å²) in [6.07, 6.45) is 0. The van der Waals surface area contributed by atoms with Crippen LogP contribution < -0.4 is 20.5 Å². The number of nitrogens with one attached hydrogen (secondary N) is 1. The molecule has 6 nitrogen and oxygen atoms in total. The summed E-state index contributed by atoms with van der Waals surface area (Å²) in [5, 5.41) is 4.64. The lowest BCUT2D eigenvalue weighted by Crippen LogP contribution is -2.12. The fraction of sp³-hybridized carbons (Fsp3) is 0.143. The molecule has 0 unspecified atom stereocenters. The summed E-state index contributed by atoms with van der Waals surface area (Å²) in [7, 11) is 3.11. The van der Waals surface area contributed by atoms with Crippen LogP contribution in [0.4, 0.5) is 11.4 Å². The number of nitrogen functional groups attached to an aromatic ring is 1. The smallest absolute Gasteiger partial charge is 0.268 e. The van der Waals surface area contributed by atoms with Gasteiger partial charge in [0.15, 0.2) is 0 Å².